The summed E-state index contributed by atoms with van der Waals surface area (Å²) in [6.45, 7) is 0. The molecule has 0 amide bonds. The van der Waals surface area contributed by atoms with Gasteiger partial charge in [0, 0.05) is 6.32 Å². The molecule has 0 aliphatic rings. The molecule has 0 aliphatic carbocycles. The first-order valence-electron chi connectivity index (χ1n) is 2.10. The van der Waals surface area contributed by atoms with Crippen LogP contribution in [0.3, 0.4) is 0 Å². The Labute approximate surface area is 49.8 Å². The van der Waals surface area contributed by atoms with Gasteiger partial charge in [0.15, 0.2) is 5.83 Å². The van der Waals surface area contributed by atoms with E-state index in [-0.39, 0.29) is 0 Å². The van der Waals surface area contributed by atoms with Crippen LogP contribution in [0.5, 0.6) is 0 Å². The van der Waals surface area contributed by atoms with Gasteiger partial charge in [-0.2, -0.15) is 8.78 Å². The molecule has 0 saturated heterocycles. The molecule has 0 aliphatic heterocycles. The topological polar surface area (TPSA) is 40.5 Å². The summed E-state index contributed by atoms with van der Waals surface area (Å²) in [5.74, 6) is -1.79. The quantitative estimate of drug-likeness (QED) is 0.549. The van der Waals surface area contributed by atoms with Gasteiger partial charge >= 0.3 is 13.2 Å². The maximum absolute atomic E-state index is 11.6. The van der Waals surface area contributed by atoms with Crippen LogP contribution in [0.4, 0.5) is 13.2 Å². The Bertz CT molecular complexity index is 120. The molecular weight excluding hydrogens is 136 g/mol. The van der Waals surface area contributed by atoms with Crippen molar-refractivity contribution in [3.63, 3.8) is 0 Å². The molecule has 0 atom stereocenters. The van der Waals surface area contributed by atoms with Gasteiger partial charge in [-0.1, -0.05) is 0 Å². The third-order valence-corrected chi connectivity index (χ3v) is 0.567. The van der Waals surface area contributed by atoms with E-state index in [4.69, 9.17) is 10.0 Å². The van der Waals surface area contributed by atoms with E-state index in [0.717, 1.165) is 0 Å². The largest absolute Gasteiger partial charge is 0.458 e. The lowest BCUT2D eigenvalue weighted by molar-refractivity contribution is 0.364. The zero-order valence-corrected chi connectivity index (χ0v) is 4.31. The van der Waals surface area contributed by atoms with E-state index in [1.165, 1.54) is 0 Å². The first-order valence-corrected chi connectivity index (χ1v) is 2.10. The van der Waals surface area contributed by atoms with Gasteiger partial charge in [0.05, 0.1) is 0 Å². The number of halogens is 3. The van der Waals surface area contributed by atoms with Crippen LogP contribution in [0.15, 0.2) is 11.9 Å². The second kappa shape index (κ2) is 3.52. The highest BCUT2D eigenvalue weighted by Gasteiger charge is 2.14. The molecule has 0 rings (SSSR count). The van der Waals surface area contributed by atoms with Crippen molar-refractivity contribution in [1.29, 1.82) is 0 Å². The zero-order valence-electron chi connectivity index (χ0n) is 4.31. The Morgan fingerprint density at radius 1 is 1.22 bits per heavy atom. The lowest BCUT2D eigenvalue weighted by Gasteiger charge is -1.91. The van der Waals surface area contributed by atoms with E-state index in [1.807, 2.05) is 0 Å². The summed E-state index contributed by atoms with van der Waals surface area (Å²) >= 11 is 0. The molecule has 52 valence electrons. The van der Waals surface area contributed by atoms with Gasteiger partial charge in [0.1, 0.15) is 0 Å². The SMILES string of the molecule is OB(O)CC(F)=C(F)F. The molecule has 0 aromatic rings. The van der Waals surface area contributed by atoms with Crippen LogP contribution >= 0.6 is 0 Å². The average Bonchev–Trinajstić information content (AvgIpc) is 1.63. The number of hydrogen-bond acceptors (Lipinski definition) is 2. The van der Waals surface area contributed by atoms with Gasteiger partial charge in [-0.25, -0.2) is 4.39 Å². The Morgan fingerprint density at radius 2 is 1.67 bits per heavy atom. The van der Waals surface area contributed by atoms with Crippen LogP contribution in [0.1, 0.15) is 0 Å². The van der Waals surface area contributed by atoms with Crippen molar-refractivity contribution in [1.82, 2.24) is 0 Å². The predicted molar refractivity (Wildman–Crippen MR) is 25.3 cm³/mol. The number of rotatable bonds is 2. The summed E-state index contributed by atoms with van der Waals surface area (Å²) in [4.78, 5) is 0. The Balaban J connectivity index is 3.77. The molecule has 0 unspecified atom stereocenters. The van der Waals surface area contributed by atoms with Crippen LogP contribution in [0.2, 0.25) is 6.32 Å². The highest BCUT2D eigenvalue weighted by molar-refractivity contribution is 6.41. The molecule has 0 aromatic carbocycles. The van der Waals surface area contributed by atoms with Crippen LogP contribution in [-0.4, -0.2) is 17.2 Å². The molecule has 0 spiro atoms. The van der Waals surface area contributed by atoms with Crippen molar-refractivity contribution in [2.45, 2.75) is 6.32 Å². The Kier molecular flexibility index (Phi) is 3.33. The molecule has 0 radical (unpaired) electrons. The molecule has 0 fully saturated rings. The maximum Gasteiger partial charge on any atom is 0.458 e. The van der Waals surface area contributed by atoms with Crippen molar-refractivity contribution in [3.05, 3.63) is 11.9 Å². The van der Waals surface area contributed by atoms with Crippen LogP contribution in [0.25, 0.3) is 0 Å². The lowest BCUT2D eigenvalue weighted by Crippen LogP contribution is -2.09. The molecule has 2 nitrogen and oxygen atoms in total. The second-order valence-corrected chi connectivity index (χ2v) is 1.35. The standard InChI is InChI=1S/C3H4BF3O2/c5-2(3(6)7)1-4(8)9/h8-9H,1H2. The first-order chi connectivity index (χ1) is 4.04. The van der Waals surface area contributed by atoms with E-state index in [0.29, 0.717) is 0 Å². The fourth-order valence-electron chi connectivity index (χ4n) is 0.237. The van der Waals surface area contributed by atoms with E-state index in [1.54, 1.807) is 0 Å². The van der Waals surface area contributed by atoms with Crippen LogP contribution < -0.4 is 0 Å². The summed E-state index contributed by atoms with van der Waals surface area (Å²) in [5.41, 5.74) is 0. The number of hydrogen-bond donors (Lipinski definition) is 2. The smallest absolute Gasteiger partial charge is 0.427 e. The number of allylic oxidation sites excluding steroid dienone is 1. The molecular formula is C3H4BF3O2. The van der Waals surface area contributed by atoms with Crippen molar-refractivity contribution in [2.75, 3.05) is 0 Å². The average molecular weight is 140 g/mol. The fraction of sp³-hybridized carbons (Fsp3) is 0.333. The highest BCUT2D eigenvalue weighted by atomic mass is 19.3. The fourth-order valence-corrected chi connectivity index (χ4v) is 0.237. The second-order valence-electron chi connectivity index (χ2n) is 1.35. The van der Waals surface area contributed by atoms with Gasteiger partial charge in [0.25, 0.3) is 0 Å². The summed E-state index contributed by atoms with van der Waals surface area (Å²) in [6, 6.07) is 0. The predicted octanol–water partition coefficient (Wildman–Crippen LogP) is 0.537. The molecule has 9 heavy (non-hydrogen) atoms. The summed E-state index contributed by atoms with van der Waals surface area (Å²) in [5, 5.41) is 15.8. The molecule has 0 aromatic heterocycles. The molecule has 0 bridgehead atoms. The molecule has 6 heteroatoms. The summed E-state index contributed by atoms with van der Waals surface area (Å²) in [6.07, 6.45) is -3.56. The van der Waals surface area contributed by atoms with Crippen LogP contribution in [-0.2, 0) is 0 Å². The summed E-state index contributed by atoms with van der Waals surface area (Å²) < 4.78 is 33.7. The van der Waals surface area contributed by atoms with Gasteiger partial charge < -0.3 is 10.0 Å². The van der Waals surface area contributed by atoms with Gasteiger partial charge in [-0.3, -0.25) is 0 Å². The van der Waals surface area contributed by atoms with Crippen molar-refractivity contribution >= 4 is 7.12 Å². The summed E-state index contributed by atoms with van der Waals surface area (Å²) in [7, 11) is -2.05. The van der Waals surface area contributed by atoms with E-state index in [2.05, 4.69) is 0 Å². The van der Waals surface area contributed by atoms with E-state index >= 15 is 0 Å². The minimum absolute atomic E-state index is 1.05. The van der Waals surface area contributed by atoms with Crippen molar-refractivity contribution in [3.8, 4) is 0 Å². The first kappa shape index (κ1) is 8.51. The molecule has 0 heterocycles. The normalized spacial score (nSPS) is 9.00. The van der Waals surface area contributed by atoms with Gasteiger partial charge in [-0.15, -0.1) is 0 Å². The third kappa shape index (κ3) is 4.05. The van der Waals surface area contributed by atoms with E-state index < -0.39 is 25.3 Å². The van der Waals surface area contributed by atoms with Crippen molar-refractivity contribution < 1.29 is 23.2 Å². The lowest BCUT2D eigenvalue weighted by atomic mass is 9.86. The van der Waals surface area contributed by atoms with Crippen molar-refractivity contribution in [2.24, 2.45) is 0 Å². The minimum atomic E-state index is -2.51. The third-order valence-electron chi connectivity index (χ3n) is 0.567. The van der Waals surface area contributed by atoms with Gasteiger partial charge in [0.2, 0.25) is 0 Å². The monoisotopic (exact) mass is 140 g/mol. The molecule has 0 saturated carbocycles. The highest BCUT2D eigenvalue weighted by Crippen LogP contribution is 2.13. The Hall–Kier alpha value is -0.485. The maximum atomic E-state index is 11.6. The zero-order chi connectivity index (χ0) is 7.44. The van der Waals surface area contributed by atoms with Crippen LogP contribution in [0, 0.1) is 0 Å². The Morgan fingerprint density at radius 3 is 1.78 bits per heavy atom. The van der Waals surface area contributed by atoms with E-state index in [9.17, 15) is 13.2 Å². The molecule has 2 N–H and O–H groups in total. The van der Waals surface area contributed by atoms with Gasteiger partial charge in [-0.05, 0) is 0 Å². The minimum Gasteiger partial charge on any atom is -0.427 e.